The van der Waals surface area contributed by atoms with E-state index in [2.05, 4.69) is 66.5 Å². The first-order chi connectivity index (χ1) is 36.0. The topological polar surface area (TPSA) is 278 Å². The molecule has 6 N–H and O–H groups in total. The first kappa shape index (κ1) is 65.7. The molecule has 0 aromatic carbocycles. The molecule has 0 bridgehead atoms. The number of hydrogen-bond donors (Lipinski definition) is 5. The third-order valence-corrected chi connectivity index (χ3v) is 15.1. The summed E-state index contributed by atoms with van der Waals surface area (Å²) in [4.78, 5) is 62.0. The molecule has 0 amide bonds. The molecule has 0 saturated carbocycles. The van der Waals surface area contributed by atoms with Crippen LogP contribution in [0.25, 0.3) is 0 Å². The number of unbranched alkanes of at least 4 members (excludes halogenated alkanes) is 13. The minimum Gasteiger partial charge on any atom is -0.462 e. The van der Waals surface area contributed by atoms with Gasteiger partial charge in [-0.3, -0.25) is 23.2 Å². The van der Waals surface area contributed by atoms with Crippen LogP contribution in [0.3, 0.4) is 0 Å². The number of aliphatic hydroxyl groups excluding tert-OH is 2. The SMILES string of the molecule is CC/C=C\CC1OC1C/C=C\C/C=C\C/C=C\C/C=C\CCC(=O)O[C@H](COC(=O)CCCCCCCCCCCCCCCCC(C)C)COP(=O)(O)OP(=O)(O)OC[C@H]1O[C@@H](n2ccc(N)nc2=O)[C@H](O)[C@@H]1O. The summed E-state index contributed by atoms with van der Waals surface area (Å²) >= 11 is 0. The van der Waals surface area contributed by atoms with Crippen molar-refractivity contribution < 1.29 is 71.0 Å². The van der Waals surface area contributed by atoms with Crippen molar-refractivity contribution in [3.8, 4) is 0 Å². The number of rotatable bonds is 43. The van der Waals surface area contributed by atoms with Crippen LogP contribution < -0.4 is 11.4 Å². The molecule has 9 atom stereocenters. The van der Waals surface area contributed by atoms with E-state index in [1.165, 1.54) is 70.3 Å². The van der Waals surface area contributed by atoms with Gasteiger partial charge in [0, 0.05) is 19.0 Å². The van der Waals surface area contributed by atoms with E-state index in [0.29, 0.717) is 31.5 Å². The molecule has 0 aliphatic carbocycles. The second-order valence-corrected chi connectivity index (χ2v) is 22.6. The normalized spacial score (nSPS) is 22.0. The van der Waals surface area contributed by atoms with Crippen LogP contribution in [0.2, 0.25) is 0 Å². The molecule has 3 rings (SSSR count). The first-order valence-electron chi connectivity index (χ1n) is 27.3. The van der Waals surface area contributed by atoms with Crippen LogP contribution in [0.4, 0.5) is 5.82 Å². The third-order valence-electron chi connectivity index (χ3n) is 12.5. The lowest BCUT2D eigenvalue weighted by atomic mass is 10.0. The van der Waals surface area contributed by atoms with E-state index in [1.54, 1.807) is 0 Å². The number of allylic oxidation sites excluding steroid dienone is 8. The van der Waals surface area contributed by atoms with Crippen molar-refractivity contribution in [1.82, 2.24) is 9.55 Å². The van der Waals surface area contributed by atoms with Crippen LogP contribution in [-0.2, 0) is 51.0 Å². The van der Waals surface area contributed by atoms with Crippen molar-refractivity contribution in [3.05, 3.63) is 83.5 Å². The molecule has 1 aromatic heterocycles. The Morgan fingerprint density at radius 1 is 0.693 bits per heavy atom. The van der Waals surface area contributed by atoms with E-state index in [-0.39, 0.29) is 18.7 Å². The number of aromatic nitrogens is 2. The van der Waals surface area contributed by atoms with Crippen molar-refractivity contribution in [2.75, 3.05) is 25.6 Å². The Morgan fingerprint density at radius 3 is 1.80 bits per heavy atom. The molecule has 2 aliphatic heterocycles. The number of aliphatic hydroxyl groups is 2. The van der Waals surface area contributed by atoms with Gasteiger partial charge in [-0.2, -0.15) is 9.29 Å². The maximum atomic E-state index is 12.9. The van der Waals surface area contributed by atoms with Crippen LogP contribution in [0.15, 0.2) is 77.8 Å². The zero-order valence-corrected chi connectivity index (χ0v) is 46.5. The molecule has 0 radical (unpaired) electrons. The minimum absolute atomic E-state index is 0.0792. The fourth-order valence-electron chi connectivity index (χ4n) is 8.15. The van der Waals surface area contributed by atoms with Gasteiger partial charge in [0.15, 0.2) is 12.3 Å². The summed E-state index contributed by atoms with van der Waals surface area (Å²) in [5.74, 6) is -0.607. The van der Waals surface area contributed by atoms with Crippen molar-refractivity contribution in [2.45, 2.75) is 218 Å². The Hall–Kier alpha value is -3.58. The predicted octanol–water partition coefficient (Wildman–Crippen LogP) is 10.7. The number of phosphoric acid groups is 2. The quantitative estimate of drug-likeness (QED) is 0.0134. The lowest BCUT2D eigenvalue weighted by Crippen LogP contribution is -2.36. The van der Waals surface area contributed by atoms with Gasteiger partial charge in [-0.1, -0.05) is 171 Å². The molecule has 21 heteroatoms. The molecule has 2 fully saturated rings. The summed E-state index contributed by atoms with van der Waals surface area (Å²) in [7, 11) is -10.9. The number of carbonyl (C=O) groups is 2. The minimum atomic E-state index is -5.45. The van der Waals surface area contributed by atoms with Gasteiger partial charge in [0.25, 0.3) is 0 Å². The molecule has 75 heavy (non-hydrogen) atoms. The van der Waals surface area contributed by atoms with Gasteiger partial charge in [-0.05, 0) is 63.4 Å². The summed E-state index contributed by atoms with van der Waals surface area (Å²) in [6.07, 6.45) is 37.8. The van der Waals surface area contributed by atoms with Crippen molar-refractivity contribution in [2.24, 2.45) is 5.92 Å². The number of carbonyl (C=O) groups excluding carboxylic acids is 2. The van der Waals surface area contributed by atoms with Gasteiger partial charge in [-0.15, -0.1) is 0 Å². The van der Waals surface area contributed by atoms with E-state index in [0.717, 1.165) is 74.5 Å². The maximum Gasteiger partial charge on any atom is 0.481 e. The number of nitrogen functional groups attached to an aromatic ring is 1. The number of nitrogens with two attached hydrogens (primary N) is 1. The Balaban J connectivity index is 1.39. The second kappa shape index (κ2) is 38.1. The highest BCUT2D eigenvalue weighted by Gasteiger charge is 2.46. The number of hydrogen-bond acceptors (Lipinski definition) is 16. The Bertz CT molecular complexity index is 2080. The fourth-order valence-corrected chi connectivity index (χ4v) is 10.3. The lowest BCUT2D eigenvalue weighted by molar-refractivity contribution is -0.161. The third kappa shape index (κ3) is 30.8. The van der Waals surface area contributed by atoms with E-state index >= 15 is 0 Å². The van der Waals surface area contributed by atoms with Crippen LogP contribution in [0.5, 0.6) is 0 Å². The van der Waals surface area contributed by atoms with Crippen molar-refractivity contribution in [1.29, 1.82) is 0 Å². The number of phosphoric ester groups is 2. The Kier molecular flexibility index (Phi) is 33.3. The molecular formula is C54H89N3O16P2. The largest absolute Gasteiger partial charge is 0.481 e. The second-order valence-electron chi connectivity index (χ2n) is 19.6. The molecular weight excluding hydrogens is 1010 g/mol. The standard InChI is InChI=1S/C54H89N3O16P2/c1-4-5-28-34-45-46(71-45)35-30-25-21-17-13-10-11-15-19-23-27-32-37-50(59)70-44(40-67-49(58)36-31-26-22-18-14-9-7-6-8-12-16-20-24-29-33-43(2)3)41-68-74(63,64)73-75(65,66)69-42-47-51(60)52(61)53(72-47)57-39-38-48(55)56-54(57)62/h5,11,13,15,17,23,25,27-28,30,38-39,43-47,51-53,60-61H,4,6-10,12,14,16,18-22,24,26,29,31-37,40-42H2,1-3H3,(H,63,64)(H,65,66)(H2,55,56,62)/b15-11-,17-13-,27-23-,28-5-,30-25-/t44-,45?,46?,47-,51-,52-,53-/m1/s1. The van der Waals surface area contributed by atoms with Crippen LogP contribution >= 0.6 is 15.6 Å². The van der Waals surface area contributed by atoms with Gasteiger partial charge in [0.1, 0.15) is 30.7 Å². The lowest BCUT2D eigenvalue weighted by Gasteiger charge is -2.21. The number of ether oxygens (including phenoxy) is 4. The van der Waals surface area contributed by atoms with E-state index in [4.69, 9.17) is 33.7 Å². The van der Waals surface area contributed by atoms with Gasteiger partial charge in [-0.25, -0.2) is 13.9 Å². The number of epoxide rings is 1. The van der Waals surface area contributed by atoms with Crippen LogP contribution in [0.1, 0.15) is 181 Å². The van der Waals surface area contributed by atoms with E-state index < -0.39 is 83.7 Å². The Labute approximate surface area is 445 Å². The van der Waals surface area contributed by atoms with Crippen molar-refractivity contribution >= 4 is 33.4 Å². The zero-order valence-electron chi connectivity index (χ0n) is 44.7. The average Bonchev–Trinajstić information content (AvgIpc) is 4.05. The highest BCUT2D eigenvalue weighted by molar-refractivity contribution is 7.61. The molecule has 2 saturated heterocycles. The fraction of sp³-hybridized carbons (Fsp3) is 0.704. The van der Waals surface area contributed by atoms with E-state index in [9.17, 15) is 43.5 Å². The first-order valence-corrected chi connectivity index (χ1v) is 30.3. The number of anilines is 1. The molecule has 426 valence electrons. The summed E-state index contributed by atoms with van der Waals surface area (Å²) < 4.78 is 62.5. The summed E-state index contributed by atoms with van der Waals surface area (Å²) in [6, 6.07) is 1.24. The number of esters is 2. The molecule has 0 spiro atoms. The highest BCUT2D eigenvalue weighted by Crippen LogP contribution is 2.60. The predicted molar refractivity (Wildman–Crippen MR) is 288 cm³/mol. The van der Waals surface area contributed by atoms with Crippen LogP contribution in [0, 0.1) is 5.92 Å². The summed E-state index contributed by atoms with van der Waals surface area (Å²) in [6.45, 7) is 4.30. The van der Waals surface area contributed by atoms with Crippen molar-refractivity contribution in [3.63, 3.8) is 0 Å². The molecule has 2 aliphatic rings. The molecule has 19 nitrogen and oxygen atoms in total. The highest BCUT2D eigenvalue weighted by atomic mass is 31.3. The summed E-state index contributed by atoms with van der Waals surface area (Å²) in [5.41, 5.74) is 4.59. The molecule has 3 heterocycles. The maximum absolute atomic E-state index is 12.9. The monoisotopic (exact) mass is 1100 g/mol. The van der Waals surface area contributed by atoms with Gasteiger partial charge in [0.2, 0.25) is 0 Å². The Morgan fingerprint density at radius 2 is 1.23 bits per heavy atom. The number of nitrogens with zero attached hydrogens (tertiary/aromatic N) is 2. The van der Waals surface area contributed by atoms with E-state index in [1.807, 2.05) is 24.3 Å². The van der Waals surface area contributed by atoms with Gasteiger partial charge < -0.3 is 44.7 Å². The summed E-state index contributed by atoms with van der Waals surface area (Å²) in [5, 5.41) is 20.9. The molecule has 4 unspecified atom stereocenters. The molecule has 1 aromatic rings. The zero-order chi connectivity index (χ0) is 54.7. The smallest absolute Gasteiger partial charge is 0.462 e. The average molecular weight is 1100 g/mol. The van der Waals surface area contributed by atoms with Crippen LogP contribution in [-0.4, -0.2) is 97.9 Å². The van der Waals surface area contributed by atoms with Gasteiger partial charge >= 0.3 is 33.3 Å². The van der Waals surface area contributed by atoms with Gasteiger partial charge in [0.05, 0.1) is 25.4 Å².